The Labute approximate surface area is 140 Å². The molecular weight excluding hydrogens is 308 g/mol. The van der Waals surface area contributed by atoms with Crippen molar-refractivity contribution < 1.29 is 18.7 Å². The van der Waals surface area contributed by atoms with Crippen molar-refractivity contribution in [3.8, 4) is 5.75 Å². The zero-order valence-corrected chi connectivity index (χ0v) is 13.4. The Hall–Kier alpha value is -2.34. The first-order valence-electron chi connectivity index (χ1n) is 8.23. The van der Waals surface area contributed by atoms with Crippen molar-refractivity contribution in [3.63, 3.8) is 0 Å². The van der Waals surface area contributed by atoms with Gasteiger partial charge in [-0.3, -0.25) is 9.78 Å². The Bertz CT molecular complexity index is 680. The lowest BCUT2D eigenvalue weighted by atomic mass is 9.84. The fourth-order valence-corrected chi connectivity index (χ4v) is 3.41. The number of pyridine rings is 1. The third-order valence-corrected chi connectivity index (χ3v) is 4.60. The van der Waals surface area contributed by atoms with Crippen LogP contribution in [0.2, 0.25) is 0 Å². The van der Waals surface area contributed by atoms with Crippen molar-refractivity contribution in [3.05, 3.63) is 48.7 Å². The second-order valence-electron chi connectivity index (χ2n) is 6.46. The molecule has 0 saturated carbocycles. The summed E-state index contributed by atoms with van der Waals surface area (Å²) in [4.78, 5) is 18.2. The van der Waals surface area contributed by atoms with E-state index in [1.54, 1.807) is 24.7 Å². The predicted octanol–water partition coefficient (Wildman–Crippen LogP) is 2.06. The molecule has 6 heteroatoms. The Kier molecular flexibility index (Phi) is 3.98. The van der Waals surface area contributed by atoms with E-state index in [4.69, 9.17) is 13.9 Å². The number of hydrogen-bond donors (Lipinski definition) is 0. The molecule has 1 amide bonds. The van der Waals surface area contributed by atoms with Gasteiger partial charge >= 0.3 is 0 Å². The number of likely N-dealkylation sites (tertiary alicyclic amines) is 1. The zero-order valence-electron chi connectivity index (χ0n) is 13.4. The Morgan fingerprint density at radius 1 is 1.38 bits per heavy atom. The third kappa shape index (κ3) is 3.14. The summed E-state index contributed by atoms with van der Waals surface area (Å²) in [5.41, 5.74) is -0.260. The largest absolute Gasteiger partial charge is 0.489 e. The van der Waals surface area contributed by atoms with Crippen molar-refractivity contribution in [1.82, 2.24) is 9.88 Å². The zero-order chi connectivity index (χ0) is 16.4. The van der Waals surface area contributed by atoms with E-state index in [0.29, 0.717) is 31.9 Å². The maximum absolute atomic E-state index is 12.3. The van der Waals surface area contributed by atoms with Crippen molar-refractivity contribution in [2.45, 2.75) is 31.0 Å². The smallest absolute Gasteiger partial charge is 0.230 e. The van der Waals surface area contributed by atoms with Gasteiger partial charge < -0.3 is 18.8 Å². The fraction of sp³-hybridized carbons (Fsp3) is 0.444. The lowest BCUT2D eigenvalue weighted by Gasteiger charge is -2.52. The lowest BCUT2D eigenvalue weighted by molar-refractivity contribution is -0.192. The van der Waals surface area contributed by atoms with Crippen LogP contribution >= 0.6 is 0 Å². The average molecular weight is 328 g/mol. The Morgan fingerprint density at radius 3 is 3.04 bits per heavy atom. The summed E-state index contributed by atoms with van der Waals surface area (Å²) in [5, 5.41) is 0. The maximum Gasteiger partial charge on any atom is 0.230 e. The summed E-state index contributed by atoms with van der Waals surface area (Å²) >= 11 is 0. The minimum atomic E-state index is -0.260. The molecule has 0 unspecified atom stereocenters. The highest BCUT2D eigenvalue weighted by Crippen LogP contribution is 2.36. The molecule has 6 nitrogen and oxygen atoms in total. The number of ether oxygens (including phenoxy) is 2. The summed E-state index contributed by atoms with van der Waals surface area (Å²) in [7, 11) is 0. The summed E-state index contributed by atoms with van der Waals surface area (Å²) in [6, 6.07) is 7.39. The number of hydrogen-bond acceptors (Lipinski definition) is 5. The van der Waals surface area contributed by atoms with Gasteiger partial charge in [-0.25, -0.2) is 0 Å². The number of carbonyl (C=O) groups is 1. The highest BCUT2D eigenvalue weighted by molar-refractivity contribution is 5.79. The molecule has 0 bridgehead atoms. The molecule has 2 aromatic rings. The highest BCUT2D eigenvalue weighted by Gasteiger charge is 2.49. The molecule has 1 atom stereocenters. The quantitative estimate of drug-likeness (QED) is 0.859. The molecule has 0 aromatic carbocycles. The van der Waals surface area contributed by atoms with E-state index in [0.717, 1.165) is 18.6 Å². The van der Waals surface area contributed by atoms with Crippen LogP contribution in [0.3, 0.4) is 0 Å². The van der Waals surface area contributed by atoms with Crippen molar-refractivity contribution >= 4 is 5.91 Å². The standard InChI is InChI=1S/C18H20N2O4/c21-17(9-14-4-2-7-22-14)20-12-18(13-20)10-15(5-8-23-18)24-16-3-1-6-19-11-16/h1-4,6-7,11,15H,5,8-10,12-13H2/t15-/m0/s1. The summed E-state index contributed by atoms with van der Waals surface area (Å²) in [6.07, 6.45) is 7.10. The van der Waals surface area contributed by atoms with E-state index in [9.17, 15) is 4.79 Å². The highest BCUT2D eigenvalue weighted by atomic mass is 16.5. The molecular formula is C18H20N2O4. The van der Waals surface area contributed by atoms with Gasteiger partial charge in [0.1, 0.15) is 23.2 Å². The van der Waals surface area contributed by atoms with E-state index in [-0.39, 0.29) is 17.6 Å². The monoisotopic (exact) mass is 328 g/mol. The Morgan fingerprint density at radius 2 is 2.29 bits per heavy atom. The van der Waals surface area contributed by atoms with Gasteiger partial charge in [-0.1, -0.05) is 0 Å². The van der Waals surface area contributed by atoms with E-state index < -0.39 is 0 Å². The molecule has 126 valence electrons. The topological polar surface area (TPSA) is 64.8 Å². The molecule has 2 saturated heterocycles. The van der Waals surface area contributed by atoms with Crippen LogP contribution in [0.25, 0.3) is 0 Å². The van der Waals surface area contributed by atoms with Gasteiger partial charge in [0.2, 0.25) is 5.91 Å². The summed E-state index contributed by atoms with van der Waals surface area (Å²) < 4.78 is 17.2. The van der Waals surface area contributed by atoms with E-state index >= 15 is 0 Å². The normalized spacial score (nSPS) is 22.2. The molecule has 0 N–H and O–H groups in total. The number of carbonyl (C=O) groups excluding carboxylic acids is 1. The van der Waals surface area contributed by atoms with Gasteiger partial charge in [-0.05, 0) is 24.3 Å². The van der Waals surface area contributed by atoms with Crippen LogP contribution in [0.1, 0.15) is 18.6 Å². The molecule has 0 aliphatic carbocycles. The number of nitrogens with zero attached hydrogens (tertiary/aromatic N) is 2. The molecule has 4 rings (SSSR count). The van der Waals surface area contributed by atoms with Crippen molar-refractivity contribution in [2.75, 3.05) is 19.7 Å². The number of aromatic nitrogens is 1. The molecule has 0 radical (unpaired) electrons. The second-order valence-corrected chi connectivity index (χ2v) is 6.46. The SMILES string of the molecule is O=C(Cc1ccco1)N1CC2(C[C@@H](Oc3cccnc3)CCO2)C1. The van der Waals surface area contributed by atoms with Crippen LogP contribution in [0.15, 0.2) is 47.3 Å². The van der Waals surface area contributed by atoms with Crippen LogP contribution in [0, 0.1) is 0 Å². The molecule has 4 heterocycles. The van der Waals surface area contributed by atoms with Gasteiger partial charge in [-0.2, -0.15) is 0 Å². The molecule has 2 aliphatic heterocycles. The van der Waals surface area contributed by atoms with Gasteiger partial charge in [0, 0.05) is 19.0 Å². The molecule has 1 spiro atoms. The first-order chi connectivity index (χ1) is 11.7. The van der Waals surface area contributed by atoms with Crippen molar-refractivity contribution in [1.29, 1.82) is 0 Å². The first-order valence-corrected chi connectivity index (χ1v) is 8.23. The van der Waals surface area contributed by atoms with E-state index in [2.05, 4.69) is 4.98 Å². The second kappa shape index (κ2) is 6.28. The van der Waals surface area contributed by atoms with Crippen LogP contribution < -0.4 is 4.74 Å². The summed E-state index contributed by atoms with van der Waals surface area (Å²) in [5.74, 6) is 1.56. The van der Waals surface area contributed by atoms with Crippen LogP contribution in [0.4, 0.5) is 0 Å². The minimum Gasteiger partial charge on any atom is -0.489 e. The van der Waals surface area contributed by atoms with Gasteiger partial charge in [0.05, 0.1) is 38.6 Å². The van der Waals surface area contributed by atoms with Crippen LogP contribution in [-0.2, 0) is 16.0 Å². The van der Waals surface area contributed by atoms with E-state index in [1.807, 2.05) is 23.1 Å². The van der Waals surface area contributed by atoms with Gasteiger partial charge in [0.15, 0.2) is 0 Å². The molecule has 2 fully saturated rings. The molecule has 24 heavy (non-hydrogen) atoms. The molecule has 2 aliphatic rings. The number of amides is 1. The predicted molar refractivity (Wildman–Crippen MR) is 85.6 cm³/mol. The van der Waals surface area contributed by atoms with Gasteiger partial charge in [-0.15, -0.1) is 0 Å². The average Bonchev–Trinajstić information content (AvgIpc) is 3.06. The van der Waals surface area contributed by atoms with Crippen molar-refractivity contribution in [2.24, 2.45) is 0 Å². The third-order valence-electron chi connectivity index (χ3n) is 4.60. The number of rotatable bonds is 4. The number of furan rings is 1. The lowest BCUT2D eigenvalue weighted by Crippen LogP contribution is -2.67. The first kappa shape index (κ1) is 15.2. The minimum absolute atomic E-state index is 0.0782. The van der Waals surface area contributed by atoms with Crippen LogP contribution in [-0.4, -0.2) is 47.2 Å². The fourth-order valence-electron chi connectivity index (χ4n) is 3.41. The summed E-state index contributed by atoms with van der Waals surface area (Å²) in [6.45, 7) is 1.91. The van der Waals surface area contributed by atoms with Crippen LogP contribution in [0.5, 0.6) is 5.75 Å². The van der Waals surface area contributed by atoms with Gasteiger partial charge in [0.25, 0.3) is 0 Å². The Balaban J connectivity index is 1.31. The van der Waals surface area contributed by atoms with E-state index in [1.165, 1.54) is 0 Å². The molecule has 2 aromatic heterocycles. The maximum atomic E-state index is 12.3.